The van der Waals surface area contributed by atoms with Crippen LogP contribution < -0.4 is 10.1 Å². The van der Waals surface area contributed by atoms with E-state index in [1.54, 1.807) is 12.1 Å². The first kappa shape index (κ1) is 17.1. The van der Waals surface area contributed by atoms with Crippen LogP contribution in [0.4, 0.5) is 0 Å². The van der Waals surface area contributed by atoms with Gasteiger partial charge in [0.2, 0.25) is 9.84 Å². The van der Waals surface area contributed by atoms with Gasteiger partial charge in [-0.1, -0.05) is 12.1 Å². The molecule has 0 bridgehead atoms. The number of nitrogens with one attached hydrogen (secondary N) is 1. The molecule has 0 amide bonds. The lowest BCUT2D eigenvalue weighted by Crippen LogP contribution is -2.39. The Morgan fingerprint density at radius 3 is 2.81 bits per heavy atom. The van der Waals surface area contributed by atoms with Crippen LogP contribution in [0.3, 0.4) is 0 Å². The molecule has 1 N–H and O–H groups in total. The van der Waals surface area contributed by atoms with Crippen LogP contribution in [0.1, 0.15) is 28.3 Å². The molecule has 2 heterocycles. The van der Waals surface area contributed by atoms with E-state index in [9.17, 15) is 13.2 Å². The molecule has 0 aromatic heterocycles. The summed E-state index contributed by atoms with van der Waals surface area (Å²) >= 11 is 0. The third kappa shape index (κ3) is 2.77. The maximum atomic E-state index is 13.0. The number of carbonyl (C=O) groups is 1. The van der Waals surface area contributed by atoms with E-state index in [-0.39, 0.29) is 21.5 Å². The molecular weight excluding hydrogens is 354 g/mol. The number of benzene rings is 2. The number of hydrogen-bond acceptors (Lipinski definition) is 6. The summed E-state index contributed by atoms with van der Waals surface area (Å²) in [6, 6.07) is 10.9. The highest BCUT2D eigenvalue weighted by Gasteiger charge is 2.36. The van der Waals surface area contributed by atoms with E-state index in [4.69, 9.17) is 4.74 Å². The number of hydrogen-bond donors (Lipinski definition) is 1. The van der Waals surface area contributed by atoms with Gasteiger partial charge < -0.3 is 14.8 Å². The molecule has 2 aliphatic rings. The van der Waals surface area contributed by atoms with Crippen molar-refractivity contribution >= 4 is 15.8 Å². The van der Waals surface area contributed by atoms with E-state index in [0.717, 1.165) is 25.1 Å². The highest BCUT2D eigenvalue weighted by atomic mass is 32.2. The summed E-state index contributed by atoms with van der Waals surface area (Å²) in [6.07, 6.45) is 1.03. The van der Waals surface area contributed by atoms with E-state index < -0.39 is 15.8 Å². The number of ether oxygens (including phenoxy) is 2. The van der Waals surface area contributed by atoms with Crippen LogP contribution in [0, 0.1) is 0 Å². The predicted octanol–water partition coefficient (Wildman–Crippen LogP) is 2.14. The lowest BCUT2D eigenvalue weighted by atomic mass is 9.90. The molecule has 2 unspecified atom stereocenters. The lowest BCUT2D eigenvalue weighted by Gasteiger charge is -2.24. The van der Waals surface area contributed by atoms with Gasteiger partial charge in [-0.05, 0) is 43.3 Å². The average Bonchev–Trinajstić information content (AvgIpc) is 3.05. The number of carbonyl (C=O) groups excluding carboxylic acids is 1. The Kier molecular flexibility index (Phi) is 4.20. The molecule has 0 aliphatic carbocycles. The van der Waals surface area contributed by atoms with E-state index in [1.807, 2.05) is 6.07 Å². The maximum absolute atomic E-state index is 13.0. The summed E-state index contributed by atoms with van der Waals surface area (Å²) in [7, 11) is -2.50. The Morgan fingerprint density at radius 1 is 1.19 bits per heavy atom. The Bertz CT molecular complexity index is 970. The van der Waals surface area contributed by atoms with Crippen LogP contribution in [0.5, 0.6) is 5.75 Å². The third-order valence-electron chi connectivity index (χ3n) is 4.97. The number of fused-ring (bicyclic) bond motifs is 3. The fourth-order valence-corrected chi connectivity index (χ4v) is 4.93. The number of methoxy groups -OCH3 is 1. The molecule has 2 atom stereocenters. The minimum atomic E-state index is -3.76. The van der Waals surface area contributed by atoms with Crippen LogP contribution in [-0.4, -0.2) is 40.7 Å². The smallest absolute Gasteiger partial charge is 0.337 e. The molecule has 6 nitrogen and oxygen atoms in total. The minimum absolute atomic E-state index is 0.0532. The van der Waals surface area contributed by atoms with Crippen LogP contribution in [0.25, 0.3) is 0 Å². The highest BCUT2D eigenvalue weighted by Crippen LogP contribution is 2.42. The molecule has 1 fully saturated rings. The van der Waals surface area contributed by atoms with Gasteiger partial charge in [0.05, 0.1) is 22.5 Å². The van der Waals surface area contributed by atoms with Crippen molar-refractivity contribution in [3.63, 3.8) is 0 Å². The van der Waals surface area contributed by atoms with Gasteiger partial charge >= 0.3 is 5.97 Å². The second-order valence-corrected chi connectivity index (χ2v) is 8.43. The summed E-state index contributed by atoms with van der Waals surface area (Å²) in [5, 5.41) is 3.30. The first-order valence-electron chi connectivity index (χ1n) is 8.45. The second kappa shape index (κ2) is 6.41. The van der Waals surface area contributed by atoms with Crippen molar-refractivity contribution in [1.29, 1.82) is 0 Å². The zero-order valence-electron chi connectivity index (χ0n) is 14.3. The number of piperidine rings is 1. The van der Waals surface area contributed by atoms with E-state index in [1.165, 1.54) is 31.4 Å². The lowest BCUT2D eigenvalue weighted by molar-refractivity contribution is 0.0600. The number of rotatable bonds is 3. The molecule has 4 rings (SSSR count). The Balaban J connectivity index is 1.71. The zero-order valence-corrected chi connectivity index (χ0v) is 15.1. The topological polar surface area (TPSA) is 81.7 Å². The van der Waals surface area contributed by atoms with Crippen molar-refractivity contribution < 1.29 is 22.7 Å². The fourth-order valence-electron chi connectivity index (χ4n) is 3.61. The van der Waals surface area contributed by atoms with Gasteiger partial charge in [0, 0.05) is 18.0 Å². The van der Waals surface area contributed by atoms with Crippen LogP contribution >= 0.6 is 0 Å². The average molecular weight is 373 g/mol. The quantitative estimate of drug-likeness (QED) is 0.830. The normalized spacial score (nSPS) is 21.4. The van der Waals surface area contributed by atoms with Gasteiger partial charge in [-0.15, -0.1) is 0 Å². The number of sulfone groups is 1. The predicted molar refractivity (Wildman–Crippen MR) is 94.3 cm³/mol. The summed E-state index contributed by atoms with van der Waals surface area (Å²) < 4.78 is 36.6. The van der Waals surface area contributed by atoms with Crippen LogP contribution in [0.15, 0.2) is 52.3 Å². The zero-order chi connectivity index (χ0) is 18.3. The fraction of sp³-hybridized carbons (Fsp3) is 0.316. The van der Waals surface area contributed by atoms with Crippen LogP contribution in [0.2, 0.25) is 0 Å². The molecule has 1 saturated heterocycles. The summed E-state index contributed by atoms with van der Waals surface area (Å²) in [6.45, 7) is 1.70. The monoisotopic (exact) mass is 373 g/mol. The van der Waals surface area contributed by atoms with Gasteiger partial charge in [0.25, 0.3) is 0 Å². The van der Waals surface area contributed by atoms with Crippen molar-refractivity contribution in [1.82, 2.24) is 5.32 Å². The van der Waals surface area contributed by atoms with E-state index in [0.29, 0.717) is 11.7 Å². The molecule has 0 spiro atoms. The summed E-state index contributed by atoms with van der Waals surface area (Å²) in [4.78, 5) is 11.9. The van der Waals surface area contributed by atoms with Gasteiger partial charge in [-0.3, -0.25) is 0 Å². The van der Waals surface area contributed by atoms with Crippen molar-refractivity contribution in [3.8, 4) is 5.75 Å². The molecule has 7 heteroatoms. The molecule has 2 aliphatic heterocycles. The van der Waals surface area contributed by atoms with Gasteiger partial charge in [0.1, 0.15) is 11.9 Å². The molecule has 0 saturated carbocycles. The molecule has 136 valence electrons. The molecule has 26 heavy (non-hydrogen) atoms. The first-order chi connectivity index (χ1) is 12.5. The van der Waals surface area contributed by atoms with Gasteiger partial charge in [-0.25, -0.2) is 13.2 Å². The number of esters is 1. The SMILES string of the molecule is COC(=O)c1cccc(S(=O)(=O)c2ccc3c(c2)OC2CNCCC32)c1. The Morgan fingerprint density at radius 2 is 2.00 bits per heavy atom. The first-order valence-corrected chi connectivity index (χ1v) is 9.94. The van der Waals surface area contributed by atoms with Crippen molar-refractivity contribution in [3.05, 3.63) is 53.6 Å². The Labute approximate surface area is 152 Å². The van der Waals surface area contributed by atoms with Crippen LogP contribution in [-0.2, 0) is 14.6 Å². The maximum Gasteiger partial charge on any atom is 0.337 e. The van der Waals surface area contributed by atoms with E-state index >= 15 is 0 Å². The standard InChI is InChI=1S/C19H19NO5S/c1-24-19(21)12-3-2-4-13(9-12)26(22,23)14-5-6-15-16-7-8-20-11-18(16)25-17(15)10-14/h2-6,9-10,16,18,20H,7-8,11H2,1H3. The van der Waals surface area contributed by atoms with E-state index in [2.05, 4.69) is 10.1 Å². The molecule has 0 radical (unpaired) electrons. The van der Waals surface area contributed by atoms with Crippen molar-refractivity contribution in [2.24, 2.45) is 0 Å². The largest absolute Gasteiger partial charge is 0.488 e. The molecule has 2 aromatic rings. The van der Waals surface area contributed by atoms with Gasteiger partial charge in [-0.2, -0.15) is 0 Å². The summed E-state index contributed by atoms with van der Waals surface area (Å²) in [5.41, 5.74) is 1.27. The Hall–Kier alpha value is -2.38. The molecule has 2 aromatic carbocycles. The minimum Gasteiger partial charge on any atom is -0.488 e. The second-order valence-electron chi connectivity index (χ2n) is 6.48. The van der Waals surface area contributed by atoms with Crippen molar-refractivity contribution in [2.45, 2.75) is 28.2 Å². The van der Waals surface area contributed by atoms with Gasteiger partial charge in [0.15, 0.2) is 0 Å². The molecular formula is C19H19NO5S. The third-order valence-corrected chi connectivity index (χ3v) is 6.71. The highest BCUT2D eigenvalue weighted by molar-refractivity contribution is 7.91. The summed E-state index contributed by atoms with van der Waals surface area (Å²) in [5.74, 6) is 0.371. The van der Waals surface area contributed by atoms with Crippen molar-refractivity contribution in [2.75, 3.05) is 20.2 Å².